The van der Waals surface area contributed by atoms with Gasteiger partial charge in [-0.2, -0.15) is 0 Å². The largest absolute Gasteiger partial charge is 0.454 e. The molecule has 2 fully saturated rings. The maximum Gasteiger partial charge on any atom is 0.339 e. The van der Waals surface area contributed by atoms with E-state index in [1.807, 2.05) is 42.5 Å². The van der Waals surface area contributed by atoms with Crippen LogP contribution in [0, 0.1) is 11.8 Å². The first kappa shape index (κ1) is 29.6. The molecule has 228 valence electrons. The molecule has 7 nitrogen and oxygen atoms in total. The normalized spacial score (nSPS) is 17.6. The second kappa shape index (κ2) is 12.3. The number of nitrogens with zero attached hydrogens (tertiary/aromatic N) is 2. The van der Waals surface area contributed by atoms with E-state index < -0.39 is 12.6 Å². The third kappa shape index (κ3) is 5.59. The summed E-state index contributed by atoms with van der Waals surface area (Å²) in [5.41, 5.74) is 4.89. The maximum atomic E-state index is 13.4. The van der Waals surface area contributed by atoms with Crippen LogP contribution < -0.4 is 4.90 Å². The number of fused-ring (bicyclic) bond motifs is 2. The molecule has 0 spiro atoms. The number of hydrogen-bond donors (Lipinski definition) is 0. The molecule has 0 N–H and O–H groups in total. The Morgan fingerprint density at radius 1 is 0.761 bits per heavy atom. The number of pyridine rings is 1. The van der Waals surface area contributed by atoms with Crippen molar-refractivity contribution >= 4 is 51.8 Å². The van der Waals surface area contributed by atoms with E-state index in [0.29, 0.717) is 38.4 Å². The zero-order valence-corrected chi connectivity index (χ0v) is 25.6. The molecule has 0 radical (unpaired) electrons. The number of rotatable bonds is 7. The summed E-state index contributed by atoms with van der Waals surface area (Å²) in [7, 11) is 0. The zero-order valence-electron chi connectivity index (χ0n) is 24.8. The van der Waals surface area contributed by atoms with E-state index in [1.54, 1.807) is 60.7 Å². The number of benzene rings is 4. The molecule has 2 amide bonds. The molecule has 2 heterocycles. The maximum absolute atomic E-state index is 13.4. The number of amides is 2. The highest BCUT2D eigenvalue weighted by atomic mass is 35.5. The molecule has 1 saturated heterocycles. The van der Waals surface area contributed by atoms with Crippen molar-refractivity contribution in [2.24, 2.45) is 11.8 Å². The molecule has 0 bridgehead atoms. The van der Waals surface area contributed by atoms with Gasteiger partial charge in [0, 0.05) is 21.5 Å². The van der Waals surface area contributed by atoms with Crippen molar-refractivity contribution in [3.05, 3.63) is 119 Å². The van der Waals surface area contributed by atoms with E-state index in [1.165, 1.54) is 4.90 Å². The van der Waals surface area contributed by atoms with Crippen molar-refractivity contribution < 1.29 is 23.9 Å². The van der Waals surface area contributed by atoms with Crippen LogP contribution >= 0.6 is 11.6 Å². The van der Waals surface area contributed by atoms with Gasteiger partial charge in [-0.25, -0.2) is 9.78 Å². The van der Waals surface area contributed by atoms with Gasteiger partial charge < -0.3 is 4.74 Å². The van der Waals surface area contributed by atoms with Gasteiger partial charge in [0.2, 0.25) is 11.8 Å². The Bertz CT molecular complexity index is 1970. The highest BCUT2D eigenvalue weighted by Crippen LogP contribution is 2.40. The number of ether oxygens (including phenoxy) is 1. The predicted octanol–water partition coefficient (Wildman–Crippen LogP) is 7.94. The van der Waals surface area contributed by atoms with Gasteiger partial charge in [0.1, 0.15) is 0 Å². The van der Waals surface area contributed by atoms with E-state index in [0.717, 1.165) is 36.8 Å². The van der Waals surface area contributed by atoms with Crippen LogP contribution in [-0.4, -0.2) is 35.2 Å². The van der Waals surface area contributed by atoms with Crippen LogP contribution in [0.4, 0.5) is 5.69 Å². The SMILES string of the molecule is O=C(COC(=O)c1cc(-c2ccc(N3C(=O)C4CCCCC4C3=O)cc2)nc2ccc(Cl)cc12)c1ccc(-c2ccccc2)cc1. The number of carbonyl (C=O) groups excluding carboxylic acids is 4. The van der Waals surface area contributed by atoms with Crippen LogP contribution in [-0.2, 0) is 14.3 Å². The number of aromatic nitrogens is 1. The van der Waals surface area contributed by atoms with Gasteiger partial charge in [0.25, 0.3) is 0 Å². The number of imide groups is 1. The van der Waals surface area contributed by atoms with Gasteiger partial charge in [-0.3, -0.25) is 19.3 Å². The first-order valence-corrected chi connectivity index (χ1v) is 15.7. The second-order valence-electron chi connectivity index (χ2n) is 11.7. The van der Waals surface area contributed by atoms with Crippen LogP contribution in [0.2, 0.25) is 5.02 Å². The lowest BCUT2D eigenvalue weighted by atomic mass is 9.81. The summed E-state index contributed by atoms with van der Waals surface area (Å²) in [5, 5.41) is 0.920. The molecule has 5 aromatic rings. The Hall–Kier alpha value is -5.14. The van der Waals surface area contributed by atoms with Crippen molar-refractivity contribution in [2.75, 3.05) is 11.5 Å². The Balaban J connectivity index is 1.12. The molecular weight excluding hydrogens is 600 g/mol. The Labute approximate surface area is 270 Å². The van der Waals surface area contributed by atoms with E-state index in [-0.39, 0.29) is 35.0 Å². The molecule has 1 aromatic heterocycles. The number of halogens is 1. The highest BCUT2D eigenvalue weighted by Gasteiger charge is 2.48. The molecule has 2 unspecified atom stereocenters. The van der Waals surface area contributed by atoms with Crippen LogP contribution in [0.3, 0.4) is 0 Å². The topological polar surface area (TPSA) is 93.6 Å². The van der Waals surface area contributed by atoms with Gasteiger partial charge in [-0.1, -0.05) is 91.2 Å². The fraction of sp³-hybridized carbons (Fsp3) is 0.184. The summed E-state index contributed by atoms with van der Waals surface area (Å²) in [5.74, 6) is -1.73. The minimum Gasteiger partial charge on any atom is -0.454 e. The molecule has 2 atom stereocenters. The number of esters is 1. The molecule has 4 aromatic carbocycles. The molecule has 46 heavy (non-hydrogen) atoms. The molecular formula is C38H29ClN2O5. The molecule has 1 aliphatic heterocycles. The Kier molecular flexibility index (Phi) is 7.93. The van der Waals surface area contributed by atoms with Crippen LogP contribution in [0.1, 0.15) is 46.4 Å². The minimum atomic E-state index is -0.683. The molecule has 1 aliphatic carbocycles. The third-order valence-corrected chi connectivity index (χ3v) is 9.14. The molecule has 8 heteroatoms. The first-order chi connectivity index (χ1) is 22.4. The van der Waals surface area contributed by atoms with E-state index >= 15 is 0 Å². The van der Waals surface area contributed by atoms with Crippen LogP contribution in [0.5, 0.6) is 0 Å². The van der Waals surface area contributed by atoms with E-state index in [9.17, 15) is 19.2 Å². The van der Waals surface area contributed by atoms with Crippen LogP contribution in [0.15, 0.2) is 103 Å². The summed E-state index contributed by atoms with van der Waals surface area (Å²) >= 11 is 6.27. The van der Waals surface area contributed by atoms with Crippen molar-refractivity contribution in [2.45, 2.75) is 25.7 Å². The van der Waals surface area contributed by atoms with Crippen molar-refractivity contribution in [3.8, 4) is 22.4 Å². The smallest absolute Gasteiger partial charge is 0.339 e. The predicted molar refractivity (Wildman–Crippen MR) is 177 cm³/mol. The molecule has 7 rings (SSSR count). The van der Waals surface area contributed by atoms with Gasteiger partial charge >= 0.3 is 5.97 Å². The van der Waals surface area contributed by atoms with Gasteiger partial charge in [0.05, 0.1) is 34.3 Å². The molecule has 2 aliphatic rings. The number of Topliss-reactive ketones (excluding diaryl/α,β-unsaturated/α-hetero) is 1. The van der Waals surface area contributed by atoms with Gasteiger partial charge in [0.15, 0.2) is 12.4 Å². The number of carbonyl (C=O) groups is 4. The highest BCUT2D eigenvalue weighted by molar-refractivity contribution is 6.31. The fourth-order valence-electron chi connectivity index (χ4n) is 6.48. The number of hydrogen-bond acceptors (Lipinski definition) is 6. The van der Waals surface area contributed by atoms with Gasteiger partial charge in [-0.05, 0) is 60.4 Å². The first-order valence-electron chi connectivity index (χ1n) is 15.3. The van der Waals surface area contributed by atoms with Crippen molar-refractivity contribution in [3.63, 3.8) is 0 Å². The number of anilines is 1. The second-order valence-corrected chi connectivity index (χ2v) is 12.2. The average molecular weight is 629 g/mol. The lowest BCUT2D eigenvalue weighted by Gasteiger charge is -2.19. The minimum absolute atomic E-state index is 0.130. The average Bonchev–Trinajstić information content (AvgIpc) is 3.36. The quantitative estimate of drug-likeness (QED) is 0.103. The summed E-state index contributed by atoms with van der Waals surface area (Å²) in [4.78, 5) is 58.6. The standard InChI is InChI=1S/C38H29ClN2O5/c39-27-16-19-33-31(20-27)32(38(45)46-22-35(42)26-12-10-24(11-13-26)23-6-2-1-3-7-23)21-34(40-33)25-14-17-28(18-15-25)41-36(43)29-8-4-5-9-30(29)37(41)44/h1-3,6-7,10-21,29-30H,4-5,8-9,22H2. The Morgan fingerprint density at radius 3 is 2.07 bits per heavy atom. The summed E-state index contributed by atoms with van der Waals surface area (Å²) < 4.78 is 5.51. The monoisotopic (exact) mass is 628 g/mol. The number of ketones is 1. The third-order valence-electron chi connectivity index (χ3n) is 8.90. The van der Waals surface area contributed by atoms with E-state index in [4.69, 9.17) is 21.3 Å². The Morgan fingerprint density at radius 2 is 1.39 bits per heavy atom. The lowest BCUT2D eigenvalue weighted by Crippen LogP contribution is -2.30. The molecule has 1 saturated carbocycles. The summed E-state index contributed by atoms with van der Waals surface area (Å²) in [6.07, 6.45) is 3.43. The van der Waals surface area contributed by atoms with E-state index in [2.05, 4.69) is 0 Å². The summed E-state index contributed by atoms with van der Waals surface area (Å²) in [6.45, 7) is -0.433. The van der Waals surface area contributed by atoms with Crippen LogP contribution in [0.25, 0.3) is 33.3 Å². The zero-order chi connectivity index (χ0) is 31.8. The van der Waals surface area contributed by atoms with Crippen molar-refractivity contribution in [1.82, 2.24) is 4.98 Å². The lowest BCUT2D eigenvalue weighted by molar-refractivity contribution is -0.122. The summed E-state index contributed by atoms with van der Waals surface area (Å²) in [6, 6.07) is 30.7. The van der Waals surface area contributed by atoms with Crippen molar-refractivity contribution in [1.29, 1.82) is 0 Å². The van der Waals surface area contributed by atoms with Gasteiger partial charge in [-0.15, -0.1) is 0 Å². The fourth-order valence-corrected chi connectivity index (χ4v) is 6.66.